The molecule has 1 aromatic rings. The van der Waals surface area contributed by atoms with Crippen LogP contribution in [0, 0.1) is 25.2 Å². The summed E-state index contributed by atoms with van der Waals surface area (Å²) in [5, 5.41) is 11.5. The Morgan fingerprint density at radius 2 is 2.04 bits per heavy atom. The molecule has 0 aromatic heterocycles. The van der Waals surface area contributed by atoms with E-state index in [4.69, 9.17) is 10.00 Å². The molecule has 0 atom stereocenters. The van der Waals surface area contributed by atoms with Gasteiger partial charge in [-0.25, -0.2) is 0 Å². The van der Waals surface area contributed by atoms with E-state index >= 15 is 0 Å². The summed E-state index contributed by atoms with van der Waals surface area (Å²) in [6, 6.07) is 7.76. The number of rotatable bonds is 5. The number of ether oxygens (including phenoxy) is 1. The van der Waals surface area contributed by atoms with E-state index in [1.54, 1.807) is 4.90 Å². The zero-order chi connectivity index (χ0) is 17.5. The third kappa shape index (κ3) is 4.98. The Morgan fingerprint density at radius 1 is 1.33 bits per heavy atom. The number of carbonyl (C=O) groups is 2. The van der Waals surface area contributed by atoms with Crippen LogP contribution < -0.4 is 10.1 Å². The molecule has 2 rings (SSSR count). The number of piperidine rings is 1. The maximum Gasteiger partial charge on any atom is 0.258 e. The lowest BCUT2D eigenvalue weighted by Gasteiger charge is -2.32. The Balaban J connectivity index is 1.74. The summed E-state index contributed by atoms with van der Waals surface area (Å²) in [5.41, 5.74) is 2.16. The summed E-state index contributed by atoms with van der Waals surface area (Å²) in [5.74, 6) is 0.421. The van der Waals surface area contributed by atoms with Gasteiger partial charge in [0.15, 0.2) is 6.61 Å². The molecule has 0 unspecified atom stereocenters. The molecule has 1 fully saturated rings. The molecule has 1 aromatic carbocycles. The minimum atomic E-state index is -0.156. The van der Waals surface area contributed by atoms with Gasteiger partial charge in [0.2, 0.25) is 5.91 Å². The lowest BCUT2D eigenvalue weighted by Crippen LogP contribution is -2.47. The van der Waals surface area contributed by atoms with Crippen LogP contribution in [-0.2, 0) is 9.59 Å². The van der Waals surface area contributed by atoms with Gasteiger partial charge >= 0.3 is 0 Å². The van der Waals surface area contributed by atoms with Crippen LogP contribution in [0.2, 0.25) is 0 Å². The molecular weight excluding hydrogens is 306 g/mol. The van der Waals surface area contributed by atoms with Gasteiger partial charge in [0.1, 0.15) is 12.2 Å². The largest absolute Gasteiger partial charge is 0.484 e. The standard InChI is InChI=1S/C18H23N3O3/c1-13-3-4-16(14(2)11-13)24-12-17(22)20-15-6-9-21(10-7-15)18(23)5-8-19/h3-4,11,15H,5-7,9-10,12H2,1-2H3,(H,20,22). The van der Waals surface area contributed by atoms with Crippen LogP contribution in [0.1, 0.15) is 30.4 Å². The zero-order valence-corrected chi connectivity index (χ0v) is 14.2. The third-order valence-corrected chi connectivity index (χ3v) is 4.13. The van der Waals surface area contributed by atoms with Crippen molar-refractivity contribution >= 4 is 11.8 Å². The summed E-state index contributed by atoms with van der Waals surface area (Å²) in [6.45, 7) is 5.09. The molecule has 0 radical (unpaired) electrons. The summed E-state index contributed by atoms with van der Waals surface area (Å²) < 4.78 is 5.57. The first-order valence-electron chi connectivity index (χ1n) is 8.13. The van der Waals surface area contributed by atoms with Crippen LogP contribution in [-0.4, -0.2) is 42.5 Å². The van der Waals surface area contributed by atoms with Gasteiger partial charge < -0.3 is 15.0 Å². The Hall–Kier alpha value is -2.55. The molecule has 0 aliphatic carbocycles. The number of hydrogen-bond donors (Lipinski definition) is 1. The van der Waals surface area contributed by atoms with Crippen molar-refractivity contribution in [1.29, 1.82) is 5.26 Å². The molecule has 0 bridgehead atoms. The zero-order valence-electron chi connectivity index (χ0n) is 14.2. The fourth-order valence-electron chi connectivity index (χ4n) is 2.83. The number of carbonyl (C=O) groups excluding carboxylic acids is 2. The molecule has 6 nitrogen and oxygen atoms in total. The van der Waals surface area contributed by atoms with Crippen molar-refractivity contribution in [2.24, 2.45) is 0 Å². The topological polar surface area (TPSA) is 82.4 Å². The van der Waals surface area contributed by atoms with Crippen LogP contribution in [0.5, 0.6) is 5.75 Å². The van der Waals surface area contributed by atoms with Crippen LogP contribution >= 0.6 is 0 Å². The van der Waals surface area contributed by atoms with Crippen molar-refractivity contribution in [3.05, 3.63) is 29.3 Å². The van der Waals surface area contributed by atoms with Gasteiger partial charge in [-0.2, -0.15) is 5.26 Å². The first-order valence-corrected chi connectivity index (χ1v) is 8.13. The lowest BCUT2D eigenvalue weighted by molar-refractivity contribution is -0.131. The average molecular weight is 329 g/mol. The van der Waals surface area contributed by atoms with E-state index in [1.165, 1.54) is 0 Å². The van der Waals surface area contributed by atoms with E-state index in [1.807, 2.05) is 38.1 Å². The van der Waals surface area contributed by atoms with E-state index in [0.717, 1.165) is 11.1 Å². The van der Waals surface area contributed by atoms with Crippen LogP contribution in [0.25, 0.3) is 0 Å². The molecule has 6 heteroatoms. The lowest BCUT2D eigenvalue weighted by atomic mass is 10.0. The van der Waals surface area contributed by atoms with Crippen molar-refractivity contribution in [1.82, 2.24) is 10.2 Å². The second-order valence-electron chi connectivity index (χ2n) is 6.12. The van der Waals surface area contributed by atoms with Crippen molar-refractivity contribution in [3.8, 4) is 11.8 Å². The van der Waals surface area contributed by atoms with Crippen LogP contribution in [0.15, 0.2) is 18.2 Å². The van der Waals surface area contributed by atoms with Crippen LogP contribution in [0.4, 0.5) is 0 Å². The number of amides is 2. The van der Waals surface area contributed by atoms with E-state index in [-0.39, 0.29) is 30.9 Å². The predicted octanol–water partition coefficient (Wildman–Crippen LogP) is 1.70. The van der Waals surface area contributed by atoms with Gasteiger partial charge in [-0.15, -0.1) is 0 Å². The second kappa shape index (κ2) is 8.34. The highest BCUT2D eigenvalue weighted by Gasteiger charge is 2.23. The molecule has 1 aliphatic rings. The van der Waals surface area contributed by atoms with Gasteiger partial charge in [-0.1, -0.05) is 17.7 Å². The summed E-state index contributed by atoms with van der Waals surface area (Å²) >= 11 is 0. The van der Waals surface area contributed by atoms with E-state index in [9.17, 15) is 9.59 Å². The Kier molecular flexibility index (Phi) is 6.19. The molecule has 128 valence electrons. The SMILES string of the molecule is Cc1ccc(OCC(=O)NC2CCN(C(=O)CC#N)CC2)c(C)c1. The average Bonchev–Trinajstić information content (AvgIpc) is 2.55. The highest BCUT2D eigenvalue weighted by atomic mass is 16.5. The normalized spacial score (nSPS) is 14.8. The van der Waals surface area contributed by atoms with Gasteiger partial charge in [-0.05, 0) is 38.3 Å². The Bertz CT molecular complexity index is 643. The summed E-state index contributed by atoms with van der Waals surface area (Å²) in [6.07, 6.45) is 1.32. The number of aryl methyl sites for hydroxylation is 2. The van der Waals surface area contributed by atoms with Gasteiger partial charge in [0.05, 0.1) is 6.07 Å². The van der Waals surface area contributed by atoms with Crippen molar-refractivity contribution < 1.29 is 14.3 Å². The van der Waals surface area contributed by atoms with Gasteiger partial charge in [-0.3, -0.25) is 9.59 Å². The van der Waals surface area contributed by atoms with E-state index in [0.29, 0.717) is 31.7 Å². The highest BCUT2D eigenvalue weighted by molar-refractivity contribution is 5.79. The van der Waals surface area contributed by atoms with E-state index < -0.39 is 0 Å². The fraction of sp³-hybridized carbons (Fsp3) is 0.500. The van der Waals surface area contributed by atoms with E-state index in [2.05, 4.69) is 5.32 Å². The molecule has 0 saturated carbocycles. The number of nitrogens with zero attached hydrogens (tertiary/aromatic N) is 2. The highest BCUT2D eigenvalue weighted by Crippen LogP contribution is 2.18. The third-order valence-electron chi connectivity index (χ3n) is 4.13. The van der Waals surface area contributed by atoms with Gasteiger partial charge in [0, 0.05) is 19.1 Å². The molecule has 1 aliphatic heterocycles. The number of benzene rings is 1. The monoisotopic (exact) mass is 329 g/mol. The maximum absolute atomic E-state index is 12.0. The fourth-order valence-corrected chi connectivity index (χ4v) is 2.83. The number of nitrogens with one attached hydrogen (secondary N) is 1. The van der Waals surface area contributed by atoms with Crippen LogP contribution in [0.3, 0.4) is 0 Å². The molecule has 24 heavy (non-hydrogen) atoms. The molecular formula is C18H23N3O3. The Labute approximate surface area is 142 Å². The molecule has 1 saturated heterocycles. The quantitative estimate of drug-likeness (QED) is 0.891. The van der Waals surface area contributed by atoms with Crippen molar-refractivity contribution in [2.75, 3.05) is 19.7 Å². The first kappa shape index (κ1) is 17.8. The summed E-state index contributed by atoms with van der Waals surface area (Å²) in [7, 11) is 0. The number of likely N-dealkylation sites (tertiary alicyclic amines) is 1. The maximum atomic E-state index is 12.0. The molecule has 2 amide bonds. The molecule has 1 N–H and O–H groups in total. The Morgan fingerprint density at radius 3 is 2.67 bits per heavy atom. The molecule has 1 heterocycles. The number of nitriles is 1. The smallest absolute Gasteiger partial charge is 0.258 e. The molecule has 0 spiro atoms. The van der Waals surface area contributed by atoms with Crippen molar-refractivity contribution in [3.63, 3.8) is 0 Å². The van der Waals surface area contributed by atoms with Gasteiger partial charge in [0.25, 0.3) is 5.91 Å². The second-order valence-corrected chi connectivity index (χ2v) is 6.12. The minimum absolute atomic E-state index is 0.0164. The summed E-state index contributed by atoms with van der Waals surface area (Å²) in [4.78, 5) is 25.3. The van der Waals surface area contributed by atoms with Crippen molar-refractivity contribution in [2.45, 2.75) is 39.2 Å². The number of hydrogen-bond acceptors (Lipinski definition) is 4. The minimum Gasteiger partial charge on any atom is -0.484 e. The predicted molar refractivity (Wildman–Crippen MR) is 89.4 cm³/mol. The first-order chi connectivity index (χ1) is 11.5.